The molecule has 0 fully saturated rings. The molecule has 1 atom stereocenters. The second-order valence-corrected chi connectivity index (χ2v) is 18.7. The van der Waals surface area contributed by atoms with E-state index in [4.69, 9.17) is 9.47 Å². The van der Waals surface area contributed by atoms with Gasteiger partial charge >= 0.3 is 5.97 Å². The van der Waals surface area contributed by atoms with Crippen LogP contribution in [0.2, 0.25) is 0 Å². The number of aliphatic hydroxyl groups excluding tert-OH is 1. The Morgan fingerprint density at radius 3 is 1.03 bits per heavy atom. The maximum atomic E-state index is 12.3. The van der Waals surface area contributed by atoms with Crippen molar-refractivity contribution in [2.24, 2.45) is 0 Å². The van der Waals surface area contributed by atoms with Crippen molar-refractivity contribution >= 4 is 5.97 Å². The zero-order valence-electron chi connectivity index (χ0n) is 41.4. The molecule has 0 spiro atoms. The van der Waals surface area contributed by atoms with Gasteiger partial charge in [-0.3, -0.25) is 4.79 Å². The smallest absolute Gasteiger partial charge is 0.306 e. The molecule has 0 aromatic rings. The Morgan fingerprint density at radius 2 is 0.689 bits per heavy atom. The van der Waals surface area contributed by atoms with Gasteiger partial charge in [-0.2, -0.15) is 0 Å². The van der Waals surface area contributed by atoms with Crippen LogP contribution in [0.5, 0.6) is 0 Å². The minimum atomic E-state index is -0.534. The normalized spacial score (nSPS) is 12.5. The van der Waals surface area contributed by atoms with Crippen LogP contribution in [0, 0.1) is 0 Å². The maximum Gasteiger partial charge on any atom is 0.306 e. The molecular weight excluding hydrogens is 749 g/mol. The topological polar surface area (TPSA) is 55.8 Å². The number of rotatable bonds is 52. The Kier molecular flexibility index (Phi) is 53.5. The minimum Gasteiger partial charge on any atom is -0.457 e. The molecule has 0 amide bonds. The lowest BCUT2D eigenvalue weighted by Crippen LogP contribution is -2.27. The Morgan fingerprint density at radius 1 is 0.393 bits per heavy atom. The standard InChI is InChI=1S/C57H108O4/c1-3-5-7-9-11-13-15-17-19-21-23-25-27-28-29-31-33-35-37-39-41-43-45-47-49-51-53-60-55-56(54-58)61-57(59)52-50-48-46-44-42-40-38-36-34-32-30-26-24-22-20-18-16-14-12-10-8-6-4-2/h15,17,21,23,27-28,56,58H,3-14,16,18-20,22,24-26,29-55H2,1-2H3/b17-15-,23-21-,28-27-. The number of hydrogen-bond acceptors (Lipinski definition) is 4. The van der Waals surface area contributed by atoms with Gasteiger partial charge in [0.25, 0.3) is 0 Å². The Labute approximate surface area is 382 Å². The molecule has 1 N–H and O–H groups in total. The van der Waals surface area contributed by atoms with Gasteiger partial charge in [0.15, 0.2) is 0 Å². The van der Waals surface area contributed by atoms with Crippen LogP contribution in [-0.4, -0.2) is 37.0 Å². The SMILES string of the molecule is CCCCCCC/C=C\C/C=C\C/C=C\CCCCCCCCCCCCCOCC(CO)OC(=O)CCCCCCCCCCCCCCCCCCCCCCCCC. The third-order valence-electron chi connectivity index (χ3n) is 12.5. The molecule has 0 aromatic carbocycles. The van der Waals surface area contributed by atoms with Gasteiger partial charge in [-0.15, -0.1) is 0 Å². The molecule has 0 aliphatic carbocycles. The number of allylic oxidation sites excluding steroid dienone is 6. The summed E-state index contributed by atoms with van der Waals surface area (Å²) in [6, 6.07) is 0. The lowest BCUT2D eigenvalue weighted by atomic mass is 10.0. The minimum absolute atomic E-state index is 0.169. The highest BCUT2D eigenvalue weighted by atomic mass is 16.6. The van der Waals surface area contributed by atoms with Crippen LogP contribution in [-0.2, 0) is 14.3 Å². The lowest BCUT2D eigenvalue weighted by molar-refractivity contribution is -0.154. The van der Waals surface area contributed by atoms with Crippen LogP contribution >= 0.6 is 0 Å². The lowest BCUT2D eigenvalue weighted by Gasteiger charge is -2.16. The summed E-state index contributed by atoms with van der Waals surface area (Å²) < 4.78 is 11.2. The quantitative estimate of drug-likeness (QED) is 0.0376. The summed E-state index contributed by atoms with van der Waals surface area (Å²) in [7, 11) is 0. The third kappa shape index (κ3) is 52.9. The molecule has 0 aliphatic rings. The van der Waals surface area contributed by atoms with Crippen molar-refractivity contribution in [3.63, 3.8) is 0 Å². The number of carbonyl (C=O) groups is 1. The molecular formula is C57H108O4. The van der Waals surface area contributed by atoms with Crippen molar-refractivity contribution < 1.29 is 19.4 Å². The van der Waals surface area contributed by atoms with E-state index >= 15 is 0 Å². The van der Waals surface area contributed by atoms with E-state index in [0.29, 0.717) is 19.6 Å². The Bertz CT molecular complexity index is 909. The zero-order valence-corrected chi connectivity index (χ0v) is 41.4. The number of aliphatic hydroxyl groups is 1. The van der Waals surface area contributed by atoms with Gasteiger partial charge in [0.1, 0.15) is 6.10 Å². The first-order valence-corrected chi connectivity index (χ1v) is 27.6. The van der Waals surface area contributed by atoms with Gasteiger partial charge in [0, 0.05) is 13.0 Å². The van der Waals surface area contributed by atoms with E-state index in [1.807, 2.05) is 0 Å². The molecule has 0 bridgehead atoms. The highest BCUT2D eigenvalue weighted by Gasteiger charge is 2.13. The number of hydrogen-bond donors (Lipinski definition) is 1. The summed E-state index contributed by atoms with van der Waals surface area (Å²) in [5, 5.41) is 9.67. The van der Waals surface area contributed by atoms with Crippen LogP contribution in [0.4, 0.5) is 0 Å². The Hall–Kier alpha value is -1.39. The summed E-state index contributed by atoms with van der Waals surface area (Å²) >= 11 is 0. The molecule has 0 heterocycles. The first-order chi connectivity index (χ1) is 30.2. The summed E-state index contributed by atoms with van der Waals surface area (Å²) in [6.07, 6.45) is 71.1. The number of ether oxygens (including phenoxy) is 2. The average molecular weight is 857 g/mol. The second kappa shape index (κ2) is 54.7. The van der Waals surface area contributed by atoms with Crippen LogP contribution in [0.25, 0.3) is 0 Å². The Balaban J connectivity index is 3.37. The maximum absolute atomic E-state index is 12.3. The van der Waals surface area contributed by atoms with Crippen molar-refractivity contribution in [3.05, 3.63) is 36.5 Å². The van der Waals surface area contributed by atoms with Crippen LogP contribution < -0.4 is 0 Å². The van der Waals surface area contributed by atoms with Crippen molar-refractivity contribution in [2.75, 3.05) is 19.8 Å². The molecule has 1 unspecified atom stereocenters. The molecule has 0 saturated carbocycles. The van der Waals surface area contributed by atoms with Crippen molar-refractivity contribution in [3.8, 4) is 0 Å². The fourth-order valence-corrected chi connectivity index (χ4v) is 8.34. The largest absolute Gasteiger partial charge is 0.457 e. The third-order valence-corrected chi connectivity index (χ3v) is 12.5. The first kappa shape index (κ1) is 59.6. The number of carbonyl (C=O) groups excluding carboxylic acids is 1. The summed E-state index contributed by atoms with van der Waals surface area (Å²) in [6.45, 7) is 5.38. The first-order valence-electron chi connectivity index (χ1n) is 27.6. The molecule has 0 aromatic heterocycles. The van der Waals surface area contributed by atoms with E-state index in [1.54, 1.807) is 0 Å². The predicted octanol–water partition coefficient (Wildman–Crippen LogP) is 18.8. The van der Waals surface area contributed by atoms with Crippen molar-refractivity contribution in [1.82, 2.24) is 0 Å². The van der Waals surface area contributed by atoms with E-state index in [2.05, 4.69) is 50.3 Å². The molecule has 0 aliphatic heterocycles. The highest BCUT2D eigenvalue weighted by Crippen LogP contribution is 2.17. The van der Waals surface area contributed by atoms with Gasteiger partial charge in [0.2, 0.25) is 0 Å². The van der Waals surface area contributed by atoms with E-state index in [0.717, 1.165) is 32.1 Å². The van der Waals surface area contributed by atoms with E-state index in [9.17, 15) is 9.90 Å². The predicted molar refractivity (Wildman–Crippen MR) is 270 cm³/mol. The molecule has 360 valence electrons. The van der Waals surface area contributed by atoms with Gasteiger partial charge < -0.3 is 14.6 Å². The van der Waals surface area contributed by atoms with Crippen LogP contribution in [0.1, 0.15) is 296 Å². The number of unbranched alkanes of at least 4 members (excludes halogenated alkanes) is 38. The average Bonchev–Trinajstić information content (AvgIpc) is 3.27. The molecule has 61 heavy (non-hydrogen) atoms. The van der Waals surface area contributed by atoms with Gasteiger partial charge in [-0.1, -0.05) is 275 Å². The molecule has 4 nitrogen and oxygen atoms in total. The summed E-state index contributed by atoms with van der Waals surface area (Å²) in [5.74, 6) is -0.195. The molecule has 4 heteroatoms. The fraction of sp³-hybridized carbons (Fsp3) is 0.877. The van der Waals surface area contributed by atoms with Gasteiger partial charge in [0.05, 0.1) is 13.2 Å². The van der Waals surface area contributed by atoms with E-state index in [-0.39, 0.29) is 12.6 Å². The number of esters is 1. The van der Waals surface area contributed by atoms with Crippen LogP contribution in [0.3, 0.4) is 0 Å². The van der Waals surface area contributed by atoms with E-state index < -0.39 is 6.10 Å². The van der Waals surface area contributed by atoms with Crippen LogP contribution in [0.15, 0.2) is 36.5 Å². The van der Waals surface area contributed by atoms with Gasteiger partial charge in [-0.05, 0) is 51.4 Å². The summed E-state index contributed by atoms with van der Waals surface area (Å²) in [4.78, 5) is 12.3. The molecule has 0 radical (unpaired) electrons. The monoisotopic (exact) mass is 857 g/mol. The fourth-order valence-electron chi connectivity index (χ4n) is 8.34. The van der Waals surface area contributed by atoms with E-state index in [1.165, 1.54) is 244 Å². The molecule has 0 rings (SSSR count). The van der Waals surface area contributed by atoms with Crippen molar-refractivity contribution in [2.45, 2.75) is 302 Å². The van der Waals surface area contributed by atoms with Crippen molar-refractivity contribution in [1.29, 1.82) is 0 Å². The van der Waals surface area contributed by atoms with Gasteiger partial charge in [-0.25, -0.2) is 0 Å². The molecule has 0 saturated heterocycles. The highest BCUT2D eigenvalue weighted by molar-refractivity contribution is 5.69. The summed E-state index contributed by atoms with van der Waals surface area (Å²) in [5.41, 5.74) is 0. The zero-order chi connectivity index (χ0) is 44.0. The second-order valence-electron chi connectivity index (χ2n) is 18.7.